The molecule has 0 N–H and O–H groups in total. The molecule has 0 saturated carbocycles. The molecular weight excluding hydrogens is 352 g/mol. The van der Waals surface area contributed by atoms with Crippen LogP contribution in [-0.4, -0.2) is 35.8 Å². The van der Waals surface area contributed by atoms with E-state index in [1.54, 1.807) is 30.2 Å². The highest BCUT2D eigenvalue weighted by Gasteiger charge is 2.30. The maximum absolute atomic E-state index is 13.1. The van der Waals surface area contributed by atoms with Crippen LogP contribution in [0.15, 0.2) is 54.7 Å². The maximum atomic E-state index is 13.1. The maximum Gasteiger partial charge on any atom is 0.225 e. The molecule has 2 atom stereocenters. The average molecular weight is 378 g/mol. The Morgan fingerprint density at radius 2 is 1.82 bits per heavy atom. The third kappa shape index (κ3) is 3.79. The number of para-hydroxylation sites is 1. The van der Waals surface area contributed by atoms with E-state index in [9.17, 15) is 9.59 Å². The van der Waals surface area contributed by atoms with Gasteiger partial charge in [-0.3, -0.25) is 9.59 Å². The summed E-state index contributed by atoms with van der Waals surface area (Å²) in [5, 5.41) is 0. The molecule has 0 aromatic heterocycles. The predicted molar refractivity (Wildman–Crippen MR) is 110 cm³/mol. The van der Waals surface area contributed by atoms with Gasteiger partial charge in [-0.25, -0.2) is 0 Å². The fraction of sp³-hybridized carbons (Fsp3) is 0.304. The van der Waals surface area contributed by atoms with Crippen molar-refractivity contribution in [3.05, 3.63) is 71.4 Å². The Hall–Kier alpha value is -3.08. The third-order valence-corrected chi connectivity index (χ3v) is 5.40. The summed E-state index contributed by atoms with van der Waals surface area (Å²) in [6, 6.07) is 15.1. The molecule has 146 valence electrons. The van der Waals surface area contributed by atoms with Gasteiger partial charge in [0.1, 0.15) is 5.75 Å². The number of carbonyl (C=O) groups excluding carboxylic acids is 2. The second-order valence-corrected chi connectivity index (χ2v) is 7.01. The van der Waals surface area contributed by atoms with Gasteiger partial charge in [0, 0.05) is 25.7 Å². The molecule has 2 aromatic carbocycles. The number of hydrogen-bond donors (Lipinski definition) is 0. The Morgan fingerprint density at radius 1 is 1.14 bits per heavy atom. The number of amides is 2. The topological polar surface area (TPSA) is 49.9 Å². The largest absolute Gasteiger partial charge is 0.496 e. The molecule has 5 heteroatoms. The highest BCUT2D eigenvalue weighted by Crippen LogP contribution is 2.35. The molecule has 1 aliphatic rings. The minimum absolute atomic E-state index is 0.0280. The third-order valence-electron chi connectivity index (χ3n) is 5.40. The molecule has 1 heterocycles. The highest BCUT2D eigenvalue weighted by molar-refractivity contribution is 5.82. The van der Waals surface area contributed by atoms with Crippen molar-refractivity contribution in [2.24, 2.45) is 0 Å². The molecule has 0 saturated heterocycles. The molecule has 2 unspecified atom stereocenters. The number of fused-ring (bicyclic) bond motifs is 1. The van der Waals surface area contributed by atoms with Crippen molar-refractivity contribution in [3.8, 4) is 5.75 Å². The van der Waals surface area contributed by atoms with E-state index < -0.39 is 0 Å². The summed E-state index contributed by atoms with van der Waals surface area (Å²) in [7, 11) is 3.42. The standard InChI is InChI=1S/C23H26N2O3/c1-16(19-10-7-8-12-22(19)28-4)24(3)23(27)15-21-20-11-6-5-9-18(20)13-14-25(21)17(2)26/h5-14,16,21H,15H2,1-4H3. The molecule has 28 heavy (non-hydrogen) atoms. The lowest BCUT2D eigenvalue weighted by molar-refractivity contribution is -0.135. The van der Waals surface area contributed by atoms with Crippen molar-refractivity contribution in [2.75, 3.05) is 14.2 Å². The predicted octanol–water partition coefficient (Wildman–Crippen LogP) is 4.18. The quantitative estimate of drug-likeness (QED) is 0.784. The van der Waals surface area contributed by atoms with E-state index in [0.29, 0.717) is 0 Å². The van der Waals surface area contributed by atoms with E-state index in [0.717, 1.165) is 22.4 Å². The number of hydrogen-bond acceptors (Lipinski definition) is 3. The van der Waals surface area contributed by atoms with Gasteiger partial charge in [-0.15, -0.1) is 0 Å². The van der Waals surface area contributed by atoms with Crippen LogP contribution in [-0.2, 0) is 9.59 Å². The summed E-state index contributed by atoms with van der Waals surface area (Å²) in [5.74, 6) is 0.648. The van der Waals surface area contributed by atoms with Crippen molar-refractivity contribution in [3.63, 3.8) is 0 Å². The van der Waals surface area contributed by atoms with E-state index in [2.05, 4.69) is 0 Å². The molecule has 0 bridgehead atoms. The van der Waals surface area contributed by atoms with Gasteiger partial charge in [-0.1, -0.05) is 42.5 Å². The Balaban J connectivity index is 1.84. The molecule has 0 fully saturated rings. The monoisotopic (exact) mass is 378 g/mol. The van der Waals surface area contributed by atoms with Gasteiger partial charge in [0.15, 0.2) is 0 Å². The Bertz CT molecular complexity index is 906. The van der Waals surface area contributed by atoms with Gasteiger partial charge in [0.25, 0.3) is 0 Å². The van der Waals surface area contributed by atoms with E-state index in [1.165, 1.54) is 6.92 Å². The molecule has 0 radical (unpaired) electrons. The van der Waals surface area contributed by atoms with Crippen LogP contribution in [0.4, 0.5) is 0 Å². The van der Waals surface area contributed by atoms with Crippen molar-refractivity contribution in [1.82, 2.24) is 9.80 Å². The van der Waals surface area contributed by atoms with E-state index in [-0.39, 0.29) is 30.3 Å². The summed E-state index contributed by atoms with van der Waals surface area (Å²) < 4.78 is 5.44. The number of nitrogens with zero attached hydrogens (tertiary/aromatic N) is 2. The van der Waals surface area contributed by atoms with Crippen molar-refractivity contribution < 1.29 is 14.3 Å². The van der Waals surface area contributed by atoms with Gasteiger partial charge in [-0.2, -0.15) is 0 Å². The Labute approximate surface area is 166 Å². The summed E-state index contributed by atoms with van der Waals surface area (Å²) in [6.45, 7) is 3.50. The second kappa shape index (κ2) is 8.30. The zero-order valence-electron chi connectivity index (χ0n) is 16.8. The first-order valence-corrected chi connectivity index (χ1v) is 9.38. The lowest BCUT2D eigenvalue weighted by Gasteiger charge is -2.34. The van der Waals surface area contributed by atoms with Crippen LogP contribution in [0.25, 0.3) is 6.08 Å². The van der Waals surface area contributed by atoms with E-state index in [4.69, 9.17) is 4.74 Å². The van der Waals surface area contributed by atoms with Crippen LogP contribution < -0.4 is 4.74 Å². The number of methoxy groups -OCH3 is 1. The first-order valence-electron chi connectivity index (χ1n) is 9.38. The fourth-order valence-corrected chi connectivity index (χ4v) is 3.66. The van der Waals surface area contributed by atoms with Gasteiger partial charge in [-0.05, 0) is 30.2 Å². The zero-order chi connectivity index (χ0) is 20.3. The normalized spacial score (nSPS) is 16.3. The number of ether oxygens (including phenoxy) is 1. The van der Waals surface area contributed by atoms with Crippen LogP contribution in [0.2, 0.25) is 0 Å². The molecule has 0 spiro atoms. The van der Waals surface area contributed by atoms with Crippen molar-refractivity contribution in [2.45, 2.75) is 32.4 Å². The number of rotatable bonds is 5. The zero-order valence-corrected chi connectivity index (χ0v) is 16.8. The van der Waals surface area contributed by atoms with Gasteiger partial charge in [0.05, 0.1) is 25.6 Å². The molecule has 5 nitrogen and oxygen atoms in total. The molecule has 2 aromatic rings. The van der Waals surface area contributed by atoms with E-state index in [1.807, 2.05) is 61.5 Å². The van der Waals surface area contributed by atoms with Crippen molar-refractivity contribution in [1.29, 1.82) is 0 Å². The molecule has 1 aliphatic heterocycles. The SMILES string of the molecule is COc1ccccc1C(C)N(C)C(=O)CC1c2ccccc2C=CN1C(C)=O. The van der Waals surface area contributed by atoms with Crippen LogP contribution in [0, 0.1) is 0 Å². The minimum Gasteiger partial charge on any atom is -0.496 e. The van der Waals surface area contributed by atoms with Crippen molar-refractivity contribution >= 4 is 17.9 Å². The molecule has 3 rings (SSSR count). The first kappa shape index (κ1) is 19.7. The van der Waals surface area contributed by atoms with Gasteiger partial charge in [0.2, 0.25) is 11.8 Å². The minimum atomic E-state index is -0.307. The first-order chi connectivity index (χ1) is 13.4. The van der Waals surface area contributed by atoms with Crippen LogP contribution in [0.5, 0.6) is 5.75 Å². The van der Waals surface area contributed by atoms with Gasteiger partial charge >= 0.3 is 0 Å². The molecular formula is C23H26N2O3. The van der Waals surface area contributed by atoms with Crippen LogP contribution in [0.1, 0.15) is 49.0 Å². The molecule has 2 amide bonds. The Morgan fingerprint density at radius 3 is 2.54 bits per heavy atom. The van der Waals surface area contributed by atoms with Gasteiger partial charge < -0.3 is 14.5 Å². The fourth-order valence-electron chi connectivity index (χ4n) is 3.66. The lowest BCUT2D eigenvalue weighted by Crippen LogP contribution is -2.37. The second-order valence-electron chi connectivity index (χ2n) is 7.01. The lowest BCUT2D eigenvalue weighted by atomic mass is 9.93. The molecule has 0 aliphatic carbocycles. The van der Waals surface area contributed by atoms with Crippen LogP contribution >= 0.6 is 0 Å². The van der Waals surface area contributed by atoms with Crippen LogP contribution in [0.3, 0.4) is 0 Å². The summed E-state index contributed by atoms with van der Waals surface area (Å²) >= 11 is 0. The number of benzene rings is 2. The summed E-state index contributed by atoms with van der Waals surface area (Å²) in [6.07, 6.45) is 3.90. The Kier molecular flexibility index (Phi) is 5.83. The summed E-state index contributed by atoms with van der Waals surface area (Å²) in [4.78, 5) is 28.6. The number of carbonyl (C=O) groups is 2. The highest BCUT2D eigenvalue weighted by atomic mass is 16.5. The summed E-state index contributed by atoms with van der Waals surface area (Å²) in [5.41, 5.74) is 2.98. The van der Waals surface area contributed by atoms with E-state index >= 15 is 0 Å². The average Bonchev–Trinajstić information content (AvgIpc) is 2.72. The smallest absolute Gasteiger partial charge is 0.225 e.